The van der Waals surface area contributed by atoms with Gasteiger partial charge in [0.05, 0.1) is 26.2 Å². The number of hydrogen-bond acceptors (Lipinski definition) is 0. The molecule has 0 radical (unpaired) electrons. The second-order valence-electron chi connectivity index (χ2n) is 3.84. The molecule has 0 bridgehead atoms. The van der Waals surface area contributed by atoms with E-state index in [1.165, 1.54) is 0 Å². The van der Waals surface area contributed by atoms with Gasteiger partial charge in [-0.15, -0.1) is 0 Å². The van der Waals surface area contributed by atoms with Crippen molar-refractivity contribution in [3.8, 4) is 0 Å². The van der Waals surface area contributed by atoms with Crippen LogP contribution in [0.2, 0.25) is 0 Å². The Morgan fingerprint density at radius 2 is 1.25 bits per heavy atom. The second kappa shape index (κ2) is 5.01. The first-order valence-electron chi connectivity index (χ1n) is 4.50. The van der Waals surface area contributed by atoms with Gasteiger partial charge in [0.1, 0.15) is 0 Å². The van der Waals surface area contributed by atoms with Gasteiger partial charge in [-0.25, -0.2) is 0 Å². The highest BCUT2D eigenvalue weighted by atomic mass is 15.2. The van der Waals surface area contributed by atoms with E-state index in [9.17, 15) is 0 Å². The molecule has 0 aliphatic carbocycles. The molecule has 72 valence electrons. The minimum absolute atomic E-state index is 0.466. The van der Waals surface area contributed by atoms with Crippen LogP contribution in [-0.4, -0.2) is 36.7 Å². The zero-order valence-corrected chi connectivity index (χ0v) is 9.10. The van der Waals surface area contributed by atoms with E-state index in [4.69, 9.17) is 0 Å². The van der Waals surface area contributed by atoms with Gasteiger partial charge < -0.3 is 0 Å². The summed E-state index contributed by atoms with van der Waals surface area (Å²) in [7, 11) is 4.06. The average Bonchev–Trinajstić information content (AvgIpc) is 1.83. The van der Waals surface area contributed by atoms with Crippen LogP contribution in [0.1, 0.15) is 27.7 Å². The summed E-state index contributed by atoms with van der Waals surface area (Å²) < 4.78 is 2.06. The largest absolute Gasteiger partial charge is 0.345 e. The normalized spacial score (nSPS) is 10.3. The standard InChI is InChI=1S/C9H21N3/c1-7(2)10-9(12(5)6)11-8(3)4/h7-8H,1-6H3,(H,10,11)/p+1. The topological polar surface area (TPSA) is 27.1 Å². The lowest BCUT2D eigenvalue weighted by molar-refractivity contribution is -0.469. The van der Waals surface area contributed by atoms with Crippen molar-refractivity contribution in [2.24, 2.45) is 0 Å². The quantitative estimate of drug-likeness (QED) is 0.363. The van der Waals surface area contributed by atoms with Gasteiger partial charge >= 0.3 is 5.96 Å². The Morgan fingerprint density at radius 1 is 0.917 bits per heavy atom. The molecule has 0 amide bonds. The number of guanidine groups is 1. The average molecular weight is 172 g/mol. The van der Waals surface area contributed by atoms with Gasteiger partial charge in [0, 0.05) is 0 Å². The Kier molecular flexibility index (Phi) is 4.71. The summed E-state index contributed by atoms with van der Waals surface area (Å²) in [5, 5.41) is 6.68. The minimum Gasteiger partial charge on any atom is -0.276 e. The SMILES string of the molecule is CC(C)NC(NC(C)C)=[N+](C)C. The zero-order chi connectivity index (χ0) is 9.72. The first-order valence-corrected chi connectivity index (χ1v) is 4.50. The fourth-order valence-electron chi connectivity index (χ4n) is 0.847. The molecule has 0 aromatic carbocycles. The van der Waals surface area contributed by atoms with Crippen molar-refractivity contribution in [2.75, 3.05) is 14.1 Å². The smallest absolute Gasteiger partial charge is 0.276 e. The van der Waals surface area contributed by atoms with Crippen molar-refractivity contribution >= 4 is 5.96 Å². The highest BCUT2D eigenvalue weighted by Gasteiger charge is 2.10. The highest BCUT2D eigenvalue weighted by Crippen LogP contribution is 1.80. The minimum atomic E-state index is 0.466. The molecule has 0 unspecified atom stereocenters. The molecule has 3 nitrogen and oxygen atoms in total. The van der Waals surface area contributed by atoms with Gasteiger partial charge in [-0.05, 0) is 27.7 Å². The maximum Gasteiger partial charge on any atom is 0.345 e. The van der Waals surface area contributed by atoms with E-state index in [2.05, 4.69) is 42.9 Å². The summed E-state index contributed by atoms with van der Waals surface area (Å²) in [6, 6.07) is 0.933. The van der Waals surface area contributed by atoms with Crippen LogP contribution >= 0.6 is 0 Å². The molecule has 0 saturated heterocycles. The summed E-state index contributed by atoms with van der Waals surface area (Å²) in [6.07, 6.45) is 0. The van der Waals surface area contributed by atoms with Crippen LogP contribution in [-0.2, 0) is 0 Å². The number of nitrogens with one attached hydrogen (secondary N) is 2. The van der Waals surface area contributed by atoms with E-state index in [0.29, 0.717) is 12.1 Å². The number of hydrogen-bond donors (Lipinski definition) is 2. The van der Waals surface area contributed by atoms with Gasteiger partial charge in [0.25, 0.3) is 0 Å². The molecule has 0 rings (SSSR count). The maximum atomic E-state index is 3.34. The Hall–Kier alpha value is -0.730. The van der Waals surface area contributed by atoms with E-state index >= 15 is 0 Å². The van der Waals surface area contributed by atoms with Crippen molar-refractivity contribution in [3.63, 3.8) is 0 Å². The van der Waals surface area contributed by atoms with Gasteiger partial charge in [0.15, 0.2) is 0 Å². The molecule has 0 spiro atoms. The molecule has 2 N–H and O–H groups in total. The molecule has 0 saturated carbocycles. The second-order valence-corrected chi connectivity index (χ2v) is 3.84. The third kappa shape index (κ3) is 4.99. The van der Waals surface area contributed by atoms with Crippen LogP contribution in [0, 0.1) is 0 Å². The molecule has 0 aliphatic heterocycles. The van der Waals surface area contributed by atoms with E-state index < -0.39 is 0 Å². The first kappa shape index (κ1) is 11.3. The van der Waals surface area contributed by atoms with E-state index in [1.54, 1.807) is 0 Å². The van der Waals surface area contributed by atoms with Gasteiger partial charge in [0.2, 0.25) is 0 Å². The molecule has 0 aromatic rings. The van der Waals surface area contributed by atoms with Crippen molar-refractivity contribution in [1.29, 1.82) is 0 Å². The fourth-order valence-corrected chi connectivity index (χ4v) is 0.847. The van der Waals surface area contributed by atoms with Crippen molar-refractivity contribution in [1.82, 2.24) is 10.6 Å². The van der Waals surface area contributed by atoms with Crippen LogP contribution < -0.4 is 10.6 Å². The predicted octanol–water partition coefficient (Wildman–Crippen LogP) is 0.610. The summed E-state index contributed by atoms with van der Waals surface area (Å²) in [5.74, 6) is 1.08. The molecule has 0 fully saturated rings. The fraction of sp³-hybridized carbons (Fsp3) is 0.889. The van der Waals surface area contributed by atoms with Crippen LogP contribution in [0.3, 0.4) is 0 Å². The molecular formula is C9H22N3+. The maximum absolute atomic E-state index is 3.34. The lowest BCUT2D eigenvalue weighted by atomic mass is 10.4. The van der Waals surface area contributed by atoms with Crippen molar-refractivity contribution in [3.05, 3.63) is 0 Å². The number of nitrogens with zero attached hydrogens (tertiary/aromatic N) is 1. The third-order valence-electron chi connectivity index (χ3n) is 1.30. The lowest BCUT2D eigenvalue weighted by Gasteiger charge is -2.12. The van der Waals surface area contributed by atoms with Crippen molar-refractivity contribution < 1.29 is 4.58 Å². The van der Waals surface area contributed by atoms with Crippen molar-refractivity contribution in [2.45, 2.75) is 39.8 Å². The van der Waals surface area contributed by atoms with E-state index in [0.717, 1.165) is 5.96 Å². The first-order chi connectivity index (χ1) is 5.43. The summed E-state index contributed by atoms with van der Waals surface area (Å²) >= 11 is 0. The molecule has 0 atom stereocenters. The molecule has 0 aromatic heterocycles. The lowest BCUT2D eigenvalue weighted by Crippen LogP contribution is -2.48. The molecular weight excluding hydrogens is 150 g/mol. The van der Waals surface area contributed by atoms with Crippen LogP contribution in [0.15, 0.2) is 0 Å². The molecule has 0 heterocycles. The van der Waals surface area contributed by atoms with E-state index in [-0.39, 0.29) is 0 Å². The zero-order valence-electron chi connectivity index (χ0n) is 9.10. The Balaban J connectivity index is 4.17. The molecule has 0 aliphatic rings. The van der Waals surface area contributed by atoms with Gasteiger partial charge in [-0.3, -0.25) is 15.2 Å². The summed E-state index contributed by atoms with van der Waals surface area (Å²) in [6.45, 7) is 8.52. The Labute approximate surface area is 75.9 Å². The summed E-state index contributed by atoms with van der Waals surface area (Å²) in [5.41, 5.74) is 0. The monoisotopic (exact) mass is 172 g/mol. The third-order valence-corrected chi connectivity index (χ3v) is 1.30. The molecule has 3 heteroatoms. The van der Waals surface area contributed by atoms with Crippen LogP contribution in [0.5, 0.6) is 0 Å². The van der Waals surface area contributed by atoms with Crippen LogP contribution in [0.4, 0.5) is 0 Å². The number of rotatable bonds is 2. The van der Waals surface area contributed by atoms with Crippen LogP contribution in [0.25, 0.3) is 0 Å². The Morgan fingerprint density at radius 3 is 1.42 bits per heavy atom. The van der Waals surface area contributed by atoms with Gasteiger partial charge in [-0.2, -0.15) is 0 Å². The highest BCUT2D eigenvalue weighted by molar-refractivity contribution is 5.75. The Bertz CT molecular complexity index is 143. The molecule has 12 heavy (non-hydrogen) atoms. The van der Waals surface area contributed by atoms with Gasteiger partial charge in [-0.1, -0.05) is 0 Å². The van der Waals surface area contributed by atoms with E-state index in [1.807, 2.05) is 14.1 Å². The summed E-state index contributed by atoms with van der Waals surface area (Å²) in [4.78, 5) is 0. The predicted molar refractivity (Wildman–Crippen MR) is 53.7 cm³/mol.